The first kappa shape index (κ1) is 23.3. The first-order chi connectivity index (χ1) is 17.4. The molecule has 8 nitrogen and oxygen atoms in total. The number of carbonyl (C=O) groups is 1. The van der Waals surface area contributed by atoms with Crippen LogP contribution in [0.5, 0.6) is 11.5 Å². The molecule has 1 saturated heterocycles. The summed E-state index contributed by atoms with van der Waals surface area (Å²) in [6, 6.07) is 13.2. The minimum Gasteiger partial charge on any atom is -0.457 e. The standard InChI is InChI=1S/C27H27FN6O2/c1-18-11-20(13-21(12-18)34-9-3-4-10-34)31-27(35)32-25-6-5-22(14-24(25)28)36-23-7-8-29-26(15-23)19-16-30-33(2)17-19/h5-8,11-17H,3-4,9-10H2,1-2H3,(H2,31,32,35). The zero-order chi connectivity index (χ0) is 25.1. The summed E-state index contributed by atoms with van der Waals surface area (Å²) in [5.41, 5.74) is 4.39. The van der Waals surface area contributed by atoms with E-state index in [1.807, 2.05) is 32.3 Å². The molecule has 0 bridgehead atoms. The van der Waals surface area contributed by atoms with E-state index in [1.54, 1.807) is 35.3 Å². The van der Waals surface area contributed by atoms with E-state index in [0.29, 0.717) is 22.9 Å². The van der Waals surface area contributed by atoms with Crippen LogP contribution in [0.2, 0.25) is 0 Å². The predicted octanol–water partition coefficient (Wildman–Crippen LogP) is 5.97. The van der Waals surface area contributed by atoms with Crippen molar-refractivity contribution in [1.29, 1.82) is 0 Å². The zero-order valence-electron chi connectivity index (χ0n) is 20.2. The number of benzene rings is 2. The van der Waals surface area contributed by atoms with Crippen molar-refractivity contribution >= 4 is 23.1 Å². The Morgan fingerprint density at radius 1 is 1.03 bits per heavy atom. The number of nitrogens with one attached hydrogen (secondary N) is 2. The lowest BCUT2D eigenvalue weighted by molar-refractivity contribution is 0.262. The van der Waals surface area contributed by atoms with Gasteiger partial charge in [0, 0.05) is 61.6 Å². The quantitative estimate of drug-likeness (QED) is 0.351. The van der Waals surface area contributed by atoms with Crippen molar-refractivity contribution in [2.75, 3.05) is 28.6 Å². The number of carbonyl (C=O) groups excluding carboxylic acids is 1. The van der Waals surface area contributed by atoms with Gasteiger partial charge in [0.25, 0.3) is 0 Å². The number of nitrogens with zero attached hydrogens (tertiary/aromatic N) is 4. The monoisotopic (exact) mass is 486 g/mol. The number of aryl methyl sites for hydroxylation is 2. The second kappa shape index (κ2) is 10.1. The topological polar surface area (TPSA) is 84.3 Å². The van der Waals surface area contributed by atoms with Crippen molar-refractivity contribution in [2.24, 2.45) is 7.05 Å². The van der Waals surface area contributed by atoms with E-state index >= 15 is 0 Å². The molecule has 0 spiro atoms. The van der Waals surface area contributed by atoms with E-state index in [4.69, 9.17) is 4.74 Å². The van der Waals surface area contributed by atoms with Crippen LogP contribution in [0.4, 0.5) is 26.2 Å². The molecule has 5 rings (SSSR count). The number of pyridine rings is 1. The molecule has 2 amide bonds. The normalized spacial score (nSPS) is 13.0. The van der Waals surface area contributed by atoms with Gasteiger partial charge in [-0.15, -0.1) is 0 Å². The van der Waals surface area contributed by atoms with Crippen molar-refractivity contribution < 1.29 is 13.9 Å². The molecule has 0 atom stereocenters. The molecule has 9 heteroatoms. The van der Waals surface area contributed by atoms with Crippen LogP contribution in [0.25, 0.3) is 11.3 Å². The second-order valence-electron chi connectivity index (χ2n) is 8.85. The van der Waals surface area contributed by atoms with Crippen LogP contribution < -0.4 is 20.3 Å². The molecule has 184 valence electrons. The number of hydrogen-bond acceptors (Lipinski definition) is 5. The Bertz CT molecular complexity index is 1400. The van der Waals surface area contributed by atoms with Crippen LogP contribution in [0.3, 0.4) is 0 Å². The van der Waals surface area contributed by atoms with Crippen LogP contribution in [-0.2, 0) is 7.05 Å². The van der Waals surface area contributed by atoms with Gasteiger partial charge >= 0.3 is 6.03 Å². The van der Waals surface area contributed by atoms with Crippen molar-refractivity contribution in [3.05, 3.63) is 78.5 Å². The summed E-state index contributed by atoms with van der Waals surface area (Å²) in [7, 11) is 1.83. The third kappa shape index (κ3) is 5.46. The van der Waals surface area contributed by atoms with E-state index < -0.39 is 11.8 Å². The lowest BCUT2D eigenvalue weighted by Crippen LogP contribution is -2.21. The second-order valence-corrected chi connectivity index (χ2v) is 8.85. The maximum atomic E-state index is 14.8. The average molecular weight is 487 g/mol. The fourth-order valence-electron chi connectivity index (χ4n) is 4.26. The van der Waals surface area contributed by atoms with Crippen LogP contribution in [0.15, 0.2) is 67.1 Å². The largest absolute Gasteiger partial charge is 0.457 e. The summed E-state index contributed by atoms with van der Waals surface area (Å²) in [5, 5.41) is 9.54. The summed E-state index contributed by atoms with van der Waals surface area (Å²) >= 11 is 0. The number of hydrogen-bond donors (Lipinski definition) is 2. The molecule has 1 fully saturated rings. The molecule has 2 aromatic heterocycles. The summed E-state index contributed by atoms with van der Waals surface area (Å²) in [6.07, 6.45) is 7.52. The van der Waals surface area contributed by atoms with E-state index in [9.17, 15) is 9.18 Å². The van der Waals surface area contributed by atoms with Gasteiger partial charge < -0.3 is 20.3 Å². The first-order valence-corrected chi connectivity index (χ1v) is 11.8. The minimum absolute atomic E-state index is 0.0537. The molecule has 3 heterocycles. The van der Waals surface area contributed by atoms with Crippen LogP contribution >= 0.6 is 0 Å². The number of halogens is 1. The van der Waals surface area contributed by atoms with E-state index in [1.165, 1.54) is 25.0 Å². The van der Waals surface area contributed by atoms with Gasteiger partial charge in [-0.1, -0.05) is 0 Å². The van der Waals surface area contributed by atoms with Gasteiger partial charge in [0.05, 0.1) is 17.6 Å². The summed E-state index contributed by atoms with van der Waals surface area (Å²) < 4.78 is 22.3. The predicted molar refractivity (Wildman–Crippen MR) is 138 cm³/mol. The van der Waals surface area contributed by atoms with Crippen molar-refractivity contribution in [3.63, 3.8) is 0 Å². The van der Waals surface area contributed by atoms with E-state index in [0.717, 1.165) is 29.9 Å². The first-order valence-electron chi connectivity index (χ1n) is 11.8. The molecular weight excluding hydrogens is 459 g/mol. The number of aromatic nitrogens is 3. The SMILES string of the molecule is Cc1cc(NC(=O)Nc2ccc(Oc3ccnc(-c4cnn(C)c4)c3)cc2F)cc(N2CCCC2)c1. The Balaban J connectivity index is 1.24. The Labute approximate surface area is 208 Å². The number of ether oxygens (including phenoxy) is 1. The number of amides is 2. The molecular formula is C27H27FN6O2. The fourth-order valence-corrected chi connectivity index (χ4v) is 4.26. The van der Waals surface area contributed by atoms with Gasteiger partial charge in [0.1, 0.15) is 17.3 Å². The van der Waals surface area contributed by atoms with Gasteiger partial charge in [-0.25, -0.2) is 9.18 Å². The molecule has 0 saturated carbocycles. The maximum absolute atomic E-state index is 14.8. The van der Waals surface area contributed by atoms with Crippen LogP contribution in [-0.4, -0.2) is 33.9 Å². The van der Waals surface area contributed by atoms with Gasteiger partial charge in [-0.3, -0.25) is 9.67 Å². The lowest BCUT2D eigenvalue weighted by Gasteiger charge is -2.19. The molecule has 2 aromatic carbocycles. The maximum Gasteiger partial charge on any atom is 0.323 e. The third-order valence-corrected chi connectivity index (χ3v) is 5.95. The Morgan fingerprint density at radius 2 is 1.83 bits per heavy atom. The van der Waals surface area contributed by atoms with Crippen molar-refractivity contribution in [1.82, 2.24) is 14.8 Å². The zero-order valence-corrected chi connectivity index (χ0v) is 20.2. The van der Waals surface area contributed by atoms with Crippen molar-refractivity contribution in [2.45, 2.75) is 19.8 Å². The van der Waals surface area contributed by atoms with E-state index in [2.05, 4.69) is 31.7 Å². The number of rotatable bonds is 6. The minimum atomic E-state index is -0.605. The fraction of sp³-hybridized carbons (Fsp3) is 0.222. The van der Waals surface area contributed by atoms with E-state index in [-0.39, 0.29) is 5.69 Å². The average Bonchev–Trinajstić information content (AvgIpc) is 3.53. The highest BCUT2D eigenvalue weighted by atomic mass is 19.1. The Morgan fingerprint density at radius 3 is 2.58 bits per heavy atom. The van der Waals surface area contributed by atoms with Gasteiger partial charge in [0.15, 0.2) is 0 Å². The Kier molecular flexibility index (Phi) is 6.53. The molecule has 4 aromatic rings. The smallest absolute Gasteiger partial charge is 0.323 e. The molecule has 1 aliphatic rings. The van der Waals surface area contributed by atoms with Gasteiger partial charge in [-0.05, 0) is 61.7 Å². The third-order valence-electron chi connectivity index (χ3n) is 5.95. The van der Waals surface area contributed by atoms with Crippen molar-refractivity contribution in [3.8, 4) is 22.8 Å². The molecule has 0 unspecified atom stereocenters. The Hall–Kier alpha value is -4.40. The number of anilines is 3. The molecule has 2 N–H and O–H groups in total. The van der Waals surface area contributed by atoms with Crippen LogP contribution in [0.1, 0.15) is 18.4 Å². The van der Waals surface area contributed by atoms with Crippen LogP contribution in [0, 0.1) is 12.7 Å². The van der Waals surface area contributed by atoms with Gasteiger partial charge in [-0.2, -0.15) is 5.10 Å². The van der Waals surface area contributed by atoms with Gasteiger partial charge in [0.2, 0.25) is 0 Å². The molecule has 0 radical (unpaired) electrons. The molecule has 36 heavy (non-hydrogen) atoms. The highest BCUT2D eigenvalue weighted by Crippen LogP contribution is 2.29. The highest BCUT2D eigenvalue weighted by Gasteiger charge is 2.15. The number of urea groups is 1. The summed E-state index contributed by atoms with van der Waals surface area (Å²) in [6.45, 7) is 4.02. The molecule has 0 aliphatic carbocycles. The summed E-state index contributed by atoms with van der Waals surface area (Å²) in [4.78, 5) is 19.2. The molecule has 1 aliphatic heterocycles. The lowest BCUT2D eigenvalue weighted by atomic mass is 10.2. The summed E-state index contributed by atoms with van der Waals surface area (Å²) in [5.74, 6) is 0.205. The highest BCUT2D eigenvalue weighted by molar-refractivity contribution is 6.00.